The third-order valence-corrected chi connectivity index (χ3v) is 6.29. The van der Waals surface area contributed by atoms with E-state index in [1.165, 1.54) is 0 Å². The van der Waals surface area contributed by atoms with Crippen molar-refractivity contribution in [3.05, 3.63) is 59.7 Å². The SMILES string of the molecule is CCOc1ccccc1NC(=O)CS(=O)(=O)C(CCc1ccc(C)cc1)C(=O)O. The van der Waals surface area contributed by atoms with Crippen molar-refractivity contribution < 1.29 is 27.9 Å². The highest BCUT2D eigenvalue weighted by atomic mass is 32.2. The fourth-order valence-corrected chi connectivity index (χ4v) is 4.25. The molecule has 1 unspecified atom stereocenters. The van der Waals surface area contributed by atoms with Crippen molar-refractivity contribution in [3.63, 3.8) is 0 Å². The number of carbonyl (C=O) groups is 2. The van der Waals surface area contributed by atoms with E-state index in [9.17, 15) is 23.1 Å². The number of ether oxygens (including phenoxy) is 1. The second kappa shape index (κ2) is 10.1. The van der Waals surface area contributed by atoms with Gasteiger partial charge in [-0.1, -0.05) is 42.0 Å². The van der Waals surface area contributed by atoms with Crippen LogP contribution in [0.2, 0.25) is 0 Å². The highest BCUT2D eigenvalue weighted by Gasteiger charge is 2.34. The number of hydrogen-bond acceptors (Lipinski definition) is 5. The molecule has 0 heterocycles. The number of para-hydroxylation sites is 2. The molecule has 29 heavy (non-hydrogen) atoms. The Bertz CT molecular complexity index is 953. The summed E-state index contributed by atoms with van der Waals surface area (Å²) in [4.78, 5) is 23.9. The van der Waals surface area contributed by atoms with Crippen LogP contribution < -0.4 is 10.1 Å². The standard InChI is InChI=1S/C21H25NO6S/c1-3-28-18-7-5-4-6-17(18)22-20(23)14-29(26,27)19(21(24)25)13-12-16-10-8-15(2)9-11-16/h4-11,19H,3,12-14H2,1-2H3,(H,22,23)(H,24,25). The quantitative estimate of drug-likeness (QED) is 0.613. The summed E-state index contributed by atoms with van der Waals surface area (Å²) in [6, 6.07) is 14.1. The van der Waals surface area contributed by atoms with Crippen LogP contribution in [0, 0.1) is 6.92 Å². The van der Waals surface area contributed by atoms with Crippen molar-refractivity contribution >= 4 is 27.4 Å². The Hall–Kier alpha value is -2.87. The molecule has 0 saturated heterocycles. The van der Waals surface area contributed by atoms with Crippen molar-refractivity contribution in [1.29, 1.82) is 0 Å². The Morgan fingerprint density at radius 2 is 1.76 bits per heavy atom. The zero-order valence-corrected chi connectivity index (χ0v) is 17.2. The van der Waals surface area contributed by atoms with E-state index in [-0.39, 0.29) is 12.8 Å². The number of carbonyl (C=O) groups excluding carboxylic acids is 1. The van der Waals surface area contributed by atoms with E-state index >= 15 is 0 Å². The van der Waals surface area contributed by atoms with Gasteiger partial charge in [0.2, 0.25) is 5.91 Å². The number of benzene rings is 2. The first-order valence-electron chi connectivity index (χ1n) is 9.24. The maximum Gasteiger partial charge on any atom is 0.321 e. The molecule has 2 N–H and O–H groups in total. The highest BCUT2D eigenvalue weighted by Crippen LogP contribution is 2.24. The molecule has 0 bridgehead atoms. The minimum atomic E-state index is -4.20. The maximum absolute atomic E-state index is 12.6. The highest BCUT2D eigenvalue weighted by molar-refractivity contribution is 7.93. The number of nitrogens with one attached hydrogen (secondary N) is 1. The summed E-state index contributed by atoms with van der Waals surface area (Å²) in [6.07, 6.45) is 0.175. The lowest BCUT2D eigenvalue weighted by Gasteiger charge is -2.15. The van der Waals surface area contributed by atoms with Crippen molar-refractivity contribution in [2.75, 3.05) is 17.7 Å². The van der Waals surface area contributed by atoms with Crippen LogP contribution in [-0.2, 0) is 25.8 Å². The van der Waals surface area contributed by atoms with Crippen LogP contribution in [0.3, 0.4) is 0 Å². The first kappa shape index (κ1) is 22.4. The zero-order valence-electron chi connectivity index (χ0n) is 16.4. The summed E-state index contributed by atoms with van der Waals surface area (Å²) < 4.78 is 30.6. The molecule has 2 aromatic rings. The molecule has 8 heteroatoms. The molecule has 0 aliphatic carbocycles. The van der Waals surface area contributed by atoms with Crippen LogP contribution in [0.5, 0.6) is 5.75 Å². The number of anilines is 1. The number of rotatable bonds is 10. The molecule has 0 aliphatic heterocycles. The first-order chi connectivity index (χ1) is 13.7. The molecule has 0 radical (unpaired) electrons. The van der Waals surface area contributed by atoms with Crippen LogP contribution in [0.1, 0.15) is 24.5 Å². The van der Waals surface area contributed by atoms with E-state index in [1.807, 2.05) is 31.2 Å². The molecule has 7 nitrogen and oxygen atoms in total. The second-order valence-corrected chi connectivity index (χ2v) is 8.82. The van der Waals surface area contributed by atoms with E-state index < -0.39 is 32.7 Å². The average Bonchev–Trinajstić information content (AvgIpc) is 2.64. The predicted molar refractivity (Wildman–Crippen MR) is 111 cm³/mol. The number of carboxylic acid groups (broad SMARTS) is 1. The number of carboxylic acids is 1. The van der Waals surface area contributed by atoms with E-state index in [0.717, 1.165) is 11.1 Å². The lowest BCUT2D eigenvalue weighted by molar-refractivity contribution is -0.136. The van der Waals surface area contributed by atoms with Gasteiger partial charge in [0.05, 0.1) is 12.3 Å². The van der Waals surface area contributed by atoms with Crippen molar-refractivity contribution in [3.8, 4) is 5.75 Å². The van der Waals surface area contributed by atoms with E-state index in [4.69, 9.17) is 4.74 Å². The summed E-state index contributed by atoms with van der Waals surface area (Å²) in [6.45, 7) is 4.09. The Morgan fingerprint density at radius 1 is 1.10 bits per heavy atom. The summed E-state index contributed by atoms with van der Waals surface area (Å²) in [7, 11) is -4.20. The zero-order chi connectivity index (χ0) is 21.4. The fraction of sp³-hybridized carbons (Fsp3) is 0.333. The van der Waals surface area contributed by atoms with Crippen molar-refractivity contribution in [2.24, 2.45) is 0 Å². The van der Waals surface area contributed by atoms with E-state index in [1.54, 1.807) is 31.2 Å². The van der Waals surface area contributed by atoms with Gasteiger partial charge in [0.25, 0.3) is 0 Å². The first-order valence-corrected chi connectivity index (χ1v) is 11.0. The molecule has 2 aromatic carbocycles. The number of amides is 1. The van der Waals surface area contributed by atoms with Crippen LogP contribution in [-0.4, -0.2) is 43.0 Å². The van der Waals surface area contributed by atoms with Crippen LogP contribution in [0.4, 0.5) is 5.69 Å². The van der Waals surface area contributed by atoms with Gasteiger partial charge in [-0.2, -0.15) is 0 Å². The molecule has 0 aliphatic rings. The third-order valence-electron chi connectivity index (χ3n) is 4.32. The molecular formula is C21H25NO6S. The molecular weight excluding hydrogens is 394 g/mol. The van der Waals surface area contributed by atoms with Gasteiger partial charge in [0.15, 0.2) is 15.1 Å². The number of sulfone groups is 1. The number of aliphatic carboxylic acids is 1. The van der Waals surface area contributed by atoms with E-state index in [0.29, 0.717) is 18.0 Å². The Kier molecular flexibility index (Phi) is 7.78. The monoisotopic (exact) mass is 419 g/mol. The minimum Gasteiger partial charge on any atom is -0.492 e. The molecule has 156 valence electrons. The largest absolute Gasteiger partial charge is 0.492 e. The van der Waals surface area contributed by atoms with Gasteiger partial charge in [0.1, 0.15) is 11.5 Å². The number of aryl methyl sites for hydroxylation is 2. The fourth-order valence-electron chi connectivity index (χ4n) is 2.83. The molecule has 1 amide bonds. The topological polar surface area (TPSA) is 110 Å². The third kappa shape index (κ3) is 6.60. The Labute approximate surface area is 170 Å². The summed E-state index contributed by atoms with van der Waals surface area (Å²) in [5.41, 5.74) is 2.23. The normalized spacial score (nSPS) is 12.2. The minimum absolute atomic E-state index is 0.108. The molecule has 0 fully saturated rings. The van der Waals surface area contributed by atoms with Gasteiger partial charge < -0.3 is 15.2 Å². The Morgan fingerprint density at radius 3 is 2.38 bits per heavy atom. The summed E-state index contributed by atoms with van der Waals surface area (Å²) in [5.74, 6) is -2.77. The van der Waals surface area contributed by atoms with Crippen LogP contribution in [0.25, 0.3) is 0 Å². The smallest absolute Gasteiger partial charge is 0.321 e. The maximum atomic E-state index is 12.6. The molecule has 0 spiro atoms. The van der Waals surface area contributed by atoms with Gasteiger partial charge in [-0.05, 0) is 44.4 Å². The van der Waals surface area contributed by atoms with Crippen LogP contribution >= 0.6 is 0 Å². The van der Waals surface area contributed by atoms with Gasteiger partial charge in [0, 0.05) is 0 Å². The van der Waals surface area contributed by atoms with Gasteiger partial charge in [-0.25, -0.2) is 8.42 Å². The van der Waals surface area contributed by atoms with Crippen molar-refractivity contribution in [1.82, 2.24) is 0 Å². The van der Waals surface area contributed by atoms with Crippen LogP contribution in [0.15, 0.2) is 48.5 Å². The summed E-state index contributed by atoms with van der Waals surface area (Å²) in [5, 5.41) is 10.3. The van der Waals surface area contributed by atoms with Crippen molar-refractivity contribution in [2.45, 2.75) is 31.9 Å². The lowest BCUT2D eigenvalue weighted by atomic mass is 10.1. The van der Waals surface area contributed by atoms with Gasteiger partial charge in [-0.3, -0.25) is 9.59 Å². The van der Waals surface area contributed by atoms with Gasteiger partial charge >= 0.3 is 5.97 Å². The molecule has 0 aromatic heterocycles. The second-order valence-electron chi connectivity index (χ2n) is 6.64. The summed E-state index contributed by atoms with van der Waals surface area (Å²) >= 11 is 0. The lowest BCUT2D eigenvalue weighted by Crippen LogP contribution is -2.36. The molecule has 2 rings (SSSR count). The Balaban J connectivity index is 2.06. The van der Waals surface area contributed by atoms with Gasteiger partial charge in [-0.15, -0.1) is 0 Å². The molecule has 1 atom stereocenters. The number of hydrogen-bond donors (Lipinski definition) is 2. The average molecular weight is 419 g/mol. The predicted octanol–water partition coefficient (Wildman–Crippen LogP) is 2.83. The molecule has 0 saturated carbocycles. The van der Waals surface area contributed by atoms with E-state index in [2.05, 4.69) is 5.32 Å².